The molecule has 1 aromatic carbocycles. The van der Waals surface area contributed by atoms with Crippen molar-refractivity contribution >= 4 is 28.9 Å². The standard InChI is InChI=1S/C25H25N5O3/c1-15-12-30(13-16(2)28-15)19-4-6-23(26-10-19)27-11-22-21-9-17(18-7-8-33-14-18)3-5-20(21)24(31)29-25(22)32/h3-11,14-16,28H,12-13H2,1-2H3,(H,26,27)(H,29,31,32)/t15-,16+. The molecule has 2 atom stereocenters. The molecule has 8 heteroatoms. The molecular weight excluding hydrogens is 418 g/mol. The van der Waals surface area contributed by atoms with E-state index >= 15 is 0 Å². The third-order valence-electron chi connectivity index (χ3n) is 5.92. The average molecular weight is 444 g/mol. The second-order valence-electron chi connectivity index (χ2n) is 8.53. The smallest absolute Gasteiger partial charge is 0.260 e. The third-order valence-corrected chi connectivity index (χ3v) is 5.92. The first-order valence-electron chi connectivity index (χ1n) is 10.9. The van der Waals surface area contributed by atoms with E-state index in [1.54, 1.807) is 24.8 Å². The van der Waals surface area contributed by atoms with Gasteiger partial charge in [-0.05, 0) is 49.7 Å². The van der Waals surface area contributed by atoms with Crippen LogP contribution < -0.4 is 20.9 Å². The number of nitrogens with one attached hydrogen (secondary N) is 3. The topological polar surface area (TPSA) is 99.5 Å². The summed E-state index contributed by atoms with van der Waals surface area (Å²) in [6.07, 6.45) is 6.64. The summed E-state index contributed by atoms with van der Waals surface area (Å²) in [5.41, 5.74) is 4.17. The van der Waals surface area contributed by atoms with Crippen LogP contribution in [0.15, 0.2) is 65.7 Å². The van der Waals surface area contributed by atoms with Gasteiger partial charge in [-0.1, -0.05) is 6.07 Å². The van der Waals surface area contributed by atoms with Crippen molar-refractivity contribution in [3.8, 4) is 11.1 Å². The molecule has 2 aromatic heterocycles. The van der Waals surface area contributed by atoms with E-state index < -0.39 is 11.8 Å². The lowest BCUT2D eigenvalue weighted by molar-refractivity contribution is -0.114. The number of amides is 2. The van der Waals surface area contributed by atoms with Crippen molar-refractivity contribution in [3.05, 3.63) is 72.4 Å². The summed E-state index contributed by atoms with van der Waals surface area (Å²) in [5.74, 6) is -0.252. The second kappa shape index (κ2) is 8.55. The Morgan fingerprint density at radius 2 is 1.85 bits per heavy atom. The molecule has 1 saturated heterocycles. The molecule has 0 unspecified atom stereocenters. The molecule has 0 spiro atoms. The Hall–Kier alpha value is -3.91. The van der Waals surface area contributed by atoms with E-state index in [0.717, 1.165) is 29.9 Å². The van der Waals surface area contributed by atoms with Gasteiger partial charge in [-0.25, -0.2) is 4.98 Å². The largest absolute Gasteiger partial charge is 0.472 e. The number of nitrogens with zero attached hydrogens (tertiary/aromatic N) is 2. The van der Waals surface area contributed by atoms with Crippen molar-refractivity contribution in [3.63, 3.8) is 0 Å². The average Bonchev–Trinajstić information content (AvgIpc) is 3.33. The van der Waals surface area contributed by atoms with Crippen LogP contribution in [-0.4, -0.2) is 42.0 Å². The van der Waals surface area contributed by atoms with E-state index in [9.17, 15) is 9.59 Å². The van der Waals surface area contributed by atoms with Gasteiger partial charge in [0.05, 0.1) is 30.0 Å². The Balaban J connectivity index is 1.39. The van der Waals surface area contributed by atoms with Gasteiger partial charge >= 0.3 is 0 Å². The number of hydrogen-bond acceptors (Lipinski definition) is 7. The van der Waals surface area contributed by atoms with Crippen molar-refractivity contribution in [1.82, 2.24) is 15.6 Å². The van der Waals surface area contributed by atoms with Crippen LogP contribution in [0.5, 0.6) is 0 Å². The minimum Gasteiger partial charge on any atom is -0.472 e. The van der Waals surface area contributed by atoms with Crippen molar-refractivity contribution in [2.75, 3.05) is 23.3 Å². The Morgan fingerprint density at radius 3 is 2.55 bits per heavy atom. The number of imide groups is 1. The SMILES string of the molecule is C[C@@H]1CN(c2ccc(NC=C3C(=O)NC(=O)c4ccc(-c5ccoc5)cc43)nc2)C[C@H](C)N1. The van der Waals surface area contributed by atoms with Gasteiger partial charge in [0.25, 0.3) is 11.8 Å². The molecule has 0 saturated carbocycles. The molecule has 2 aliphatic heterocycles. The fraction of sp³-hybridized carbons (Fsp3) is 0.240. The van der Waals surface area contributed by atoms with E-state index in [1.807, 2.05) is 36.5 Å². The molecule has 0 bridgehead atoms. The van der Waals surface area contributed by atoms with Crippen molar-refractivity contribution in [2.45, 2.75) is 25.9 Å². The van der Waals surface area contributed by atoms with Gasteiger partial charge in [-0.15, -0.1) is 0 Å². The Bertz CT molecular complexity index is 1210. The molecule has 33 heavy (non-hydrogen) atoms. The lowest BCUT2D eigenvalue weighted by atomic mass is 9.92. The molecule has 2 aliphatic rings. The van der Waals surface area contributed by atoms with E-state index in [1.165, 1.54) is 0 Å². The molecule has 3 aromatic rings. The number of aromatic nitrogens is 1. The number of anilines is 2. The predicted molar refractivity (Wildman–Crippen MR) is 127 cm³/mol. The molecule has 4 heterocycles. The zero-order valence-electron chi connectivity index (χ0n) is 18.5. The number of rotatable bonds is 4. The summed E-state index contributed by atoms with van der Waals surface area (Å²) in [5, 5.41) is 9.03. The van der Waals surface area contributed by atoms with E-state index in [-0.39, 0.29) is 0 Å². The molecule has 168 valence electrons. The minimum atomic E-state index is -0.454. The Labute approximate surface area is 191 Å². The fourth-order valence-corrected chi connectivity index (χ4v) is 4.42. The third kappa shape index (κ3) is 4.25. The van der Waals surface area contributed by atoms with Crippen LogP contribution in [0.3, 0.4) is 0 Å². The molecule has 3 N–H and O–H groups in total. The number of piperazine rings is 1. The molecule has 0 radical (unpaired) electrons. The van der Waals surface area contributed by atoms with Gasteiger partial charge in [0.2, 0.25) is 0 Å². The maximum atomic E-state index is 12.6. The summed E-state index contributed by atoms with van der Waals surface area (Å²) in [4.78, 5) is 31.8. The summed E-state index contributed by atoms with van der Waals surface area (Å²) in [6, 6.07) is 11.9. The Kier molecular flexibility index (Phi) is 5.43. The van der Waals surface area contributed by atoms with E-state index in [2.05, 4.69) is 39.7 Å². The summed E-state index contributed by atoms with van der Waals surface area (Å²) < 4.78 is 5.16. The summed E-state index contributed by atoms with van der Waals surface area (Å²) in [7, 11) is 0. The van der Waals surface area contributed by atoms with Crippen LogP contribution in [0, 0.1) is 0 Å². The fourth-order valence-electron chi connectivity index (χ4n) is 4.42. The Morgan fingerprint density at radius 1 is 1.03 bits per heavy atom. The lowest BCUT2D eigenvalue weighted by Gasteiger charge is -2.37. The van der Waals surface area contributed by atoms with Crippen molar-refractivity contribution in [1.29, 1.82) is 0 Å². The summed E-state index contributed by atoms with van der Waals surface area (Å²) >= 11 is 0. The van der Waals surface area contributed by atoms with Crippen molar-refractivity contribution in [2.24, 2.45) is 0 Å². The molecule has 0 aliphatic carbocycles. The minimum absolute atomic E-state index is 0.366. The molecule has 8 nitrogen and oxygen atoms in total. The summed E-state index contributed by atoms with van der Waals surface area (Å²) in [6.45, 7) is 6.20. The maximum absolute atomic E-state index is 12.6. The molecule has 2 amide bonds. The number of benzene rings is 1. The number of pyridine rings is 1. The number of carbonyl (C=O) groups is 2. The zero-order valence-corrected chi connectivity index (χ0v) is 18.5. The highest BCUT2D eigenvalue weighted by Crippen LogP contribution is 2.30. The highest BCUT2D eigenvalue weighted by Gasteiger charge is 2.28. The molecule has 5 rings (SSSR count). The number of carbonyl (C=O) groups excluding carboxylic acids is 2. The lowest BCUT2D eigenvalue weighted by Crippen LogP contribution is -2.54. The van der Waals surface area contributed by atoms with Crippen LogP contribution >= 0.6 is 0 Å². The van der Waals surface area contributed by atoms with Gasteiger partial charge in [-0.3, -0.25) is 14.9 Å². The monoisotopic (exact) mass is 443 g/mol. The number of hydrogen-bond donors (Lipinski definition) is 3. The normalized spacial score (nSPS) is 21.6. The predicted octanol–water partition coefficient (Wildman–Crippen LogP) is 3.25. The number of furan rings is 1. The van der Waals surface area contributed by atoms with E-state index in [4.69, 9.17) is 4.42 Å². The van der Waals surface area contributed by atoms with Crippen LogP contribution in [0.25, 0.3) is 16.7 Å². The van der Waals surface area contributed by atoms with Gasteiger partial charge in [0, 0.05) is 48.1 Å². The first kappa shape index (κ1) is 21.0. The maximum Gasteiger partial charge on any atom is 0.260 e. The van der Waals surface area contributed by atoms with Crippen LogP contribution in [0.1, 0.15) is 29.8 Å². The highest BCUT2D eigenvalue weighted by molar-refractivity contribution is 6.31. The van der Waals surface area contributed by atoms with E-state index in [0.29, 0.717) is 34.6 Å². The van der Waals surface area contributed by atoms with Crippen LogP contribution in [0.4, 0.5) is 11.5 Å². The van der Waals surface area contributed by atoms with Gasteiger partial charge in [0.1, 0.15) is 5.82 Å². The second-order valence-corrected chi connectivity index (χ2v) is 8.53. The zero-order chi connectivity index (χ0) is 22.9. The number of fused-ring (bicyclic) bond motifs is 1. The molecule has 1 fully saturated rings. The van der Waals surface area contributed by atoms with Gasteiger partial charge in [-0.2, -0.15) is 0 Å². The highest BCUT2D eigenvalue weighted by atomic mass is 16.3. The van der Waals surface area contributed by atoms with Crippen LogP contribution in [-0.2, 0) is 4.79 Å². The van der Waals surface area contributed by atoms with Crippen LogP contribution in [0.2, 0.25) is 0 Å². The van der Waals surface area contributed by atoms with Crippen molar-refractivity contribution < 1.29 is 14.0 Å². The molecular formula is C25H25N5O3. The first-order chi connectivity index (χ1) is 16.0. The first-order valence-corrected chi connectivity index (χ1v) is 10.9. The van der Waals surface area contributed by atoms with Gasteiger partial charge in [0.15, 0.2) is 0 Å². The van der Waals surface area contributed by atoms with Gasteiger partial charge < -0.3 is 20.0 Å². The quantitative estimate of drug-likeness (QED) is 0.420.